The quantitative estimate of drug-likeness (QED) is 0.827. The van der Waals surface area contributed by atoms with Crippen molar-refractivity contribution in [2.75, 3.05) is 30.8 Å². The maximum Gasteiger partial charge on any atom is 0.243 e. The summed E-state index contributed by atoms with van der Waals surface area (Å²) in [6.45, 7) is 1.86. The van der Waals surface area contributed by atoms with Crippen molar-refractivity contribution in [1.82, 2.24) is 4.90 Å². The van der Waals surface area contributed by atoms with Crippen LogP contribution in [0.1, 0.15) is 5.56 Å². The van der Waals surface area contributed by atoms with E-state index in [-0.39, 0.29) is 29.9 Å². The van der Waals surface area contributed by atoms with Gasteiger partial charge < -0.3 is 15.5 Å². The number of likely N-dealkylation sites (N-methyl/N-ethyl adjacent to an activating group) is 1. The lowest BCUT2D eigenvalue weighted by Crippen LogP contribution is -2.38. The Hall–Kier alpha value is -2.60. The zero-order valence-electron chi connectivity index (χ0n) is 14.0. The molecule has 2 aromatic carbocycles. The van der Waals surface area contributed by atoms with Gasteiger partial charge in [0.25, 0.3) is 0 Å². The number of benzene rings is 2. The highest BCUT2D eigenvalue weighted by atomic mass is 35.5. The monoisotopic (exact) mass is 363 g/mol. The van der Waals surface area contributed by atoms with Crippen molar-refractivity contribution in [2.45, 2.75) is 6.92 Å². The van der Waals surface area contributed by atoms with Crippen LogP contribution in [0.4, 0.5) is 15.8 Å². The van der Waals surface area contributed by atoms with E-state index >= 15 is 0 Å². The number of amides is 2. The largest absolute Gasteiger partial charge is 0.376 e. The summed E-state index contributed by atoms with van der Waals surface area (Å²) in [6.07, 6.45) is 0. The molecule has 2 aromatic rings. The Bertz CT molecular complexity index is 765. The fourth-order valence-corrected chi connectivity index (χ4v) is 2.24. The van der Waals surface area contributed by atoms with Crippen LogP contribution in [-0.2, 0) is 9.59 Å². The molecule has 0 aliphatic heterocycles. The number of carbonyl (C=O) groups excluding carboxylic acids is 2. The molecule has 7 heteroatoms. The van der Waals surface area contributed by atoms with Crippen LogP contribution in [0.15, 0.2) is 42.5 Å². The van der Waals surface area contributed by atoms with E-state index in [0.29, 0.717) is 11.4 Å². The van der Waals surface area contributed by atoms with E-state index < -0.39 is 5.82 Å². The number of anilines is 2. The summed E-state index contributed by atoms with van der Waals surface area (Å²) in [5, 5.41) is 5.55. The van der Waals surface area contributed by atoms with Gasteiger partial charge in [-0.2, -0.15) is 0 Å². The minimum Gasteiger partial charge on any atom is -0.376 e. The summed E-state index contributed by atoms with van der Waals surface area (Å²) in [7, 11) is 1.54. The van der Waals surface area contributed by atoms with Crippen LogP contribution < -0.4 is 10.6 Å². The van der Waals surface area contributed by atoms with E-state index in [0.717, 1.165) is 5.56 Å². The number of halogens is 2. The lowest BCUT2D eigenvalue weighted by Gasteiger charge is -2.17. The molecular formula is C18H19ClFN3O2. The second kappa shape index (κ2) is 8.48. The van der Waals surface area contributed by atoms with E-state index in [1.54, 1.807) is 12.1 Å². The van der Waals surface area contributed by atoms with Crippen LogP contribution in [0.2, 0.25) is 5.02 Å². The molecule has 0 atom stereocenters. The number of carbonyl (C=O) groups is 2. The minimum absolute atomic E-state index is 0.0247. The molecular weight excluding hydrogens is 345 g/mol. The fraction of sp³-hybridized carbons (Fsp3) is 0.222. The molecule has 5 nitrogen and oxygen atoms in total. The third-order valence-corrected chi connectivity index (χ3v) is 3.79. The number of nitrogens with zero attached hydrogens (tertiary/aromatic N) is 1. The maximum atomic E-state index is 13.1. The predicted molar refractivity (Wildman–Crippen MR) is 97.3 cm³/mol. The van der Waals surface area contributed by atoms with Crippen molar-refractivity contribution in [3.63, 3.8) is 0 Å². The SMILES string of the molecule is Cc1ccc(NC(=O)CN(C)C(=O)CNc2ccc(F)c(Cl)c2)cc1. The van der Waals surface area contributed by atoms with E-state index in [4.69, 9.17) is 11.6 Å². The van der Waals surface area contributed by atoms with Gasteiger partial charge in [-0.25, -0.2) is 4.39 Å². The first-order chi connectivity index (χ1) is 11.8. The Morgan fingerprint density at radius 2 is 1.76 bits per heavy atom. The molecule has 0 radical (unpaired) electrons. The minimum atomic E-state index is -0.525. The van der Waals surface area contributed by atoms with Crippen LogP contribution >= 0.6 is 11.6 Å². The first-order valence-corrected chi connectivity index (χ1v) is 8.02. The molecule has 0 heterocycles. The summed E-state index contributed by atoms with van der Waals surface area (Å²) >= 11 is 5.68. The standard InChI is InChI=1S/C18H19ClFN3O2/c1-12-3-5-13(6-4-12)22-17(24)11-23(2)18(25)10-21-14-7-8-16(20)15(19)9-14/h3-9,21H,10-11H2,1-2H3,(H,22,24). The first kappa shape index (κ1) is 18.7. The van der Waals surface area contributed by atoms with E-state index in [1.807, 2.05) is 19.1 Å². The molecule has 0 saturated heterocycles. The van der Waals surface area contributed by atoms with Gasteiger partial charge in [-0.15, -0.1) is 0 Å². The number of rotatable bonds is 6. The molecule has 2 rings (SSSR count). The molecule has 0 aliphatic carbocycles. The van der Waals surface area contributed by atoms with Crippen LogP contribution in [0.25, 0.3) is 0 Å². The van der Waals surface area contributed by atoms with Crippen molar-refractivity contribution in [1.29, 1.82) is 0 Å². The van der Waals surface area contributed by atoms with Gasteiger partial charge >= 0.3 is 0 Å². The van der Waals surface area contributed by atoms with Gasteiger partial charge in [0.2, 0.25) is 11.8 Å². The van der Waals surface area contributed by atoms with E-state index in [2.05, 4.69) is 10.6 Å². The third kappa shape index (κ3) is 5.76. The van der Waals surface area contributed by atoms with Crippen molar-refractivity contribution in [3.05, 3.63) is 58.9 Å². The Morgan fingerprint density at radius 3 is 2.40 bits per heavy atom. The molecule has 0 unspecified atom stereocenters. The van der Waals surface area contributed by atoms with Gasteiger partial charge in [0.15, 0.2) is 0 Å². The highest BCUT2D eigenvalue weighted by Gasteiger charge is 2.13. The zero-order chi connectivity index (χ0) is 18.4. The molecule has 0 aliphatic rings. The molecule has 0 spiro atoms. The Labute approximate surface area is 150 Å². The molecule has 0 aromatic heterocycles. The molecule has 25 heavy (non-hydrogen) atoms. The molecule has 2 amide bonds. The fourth-order valence-electron chi connectivity index (χ4n) is 2.06. The van der Waals surface area contributed by atoms with Crippen molar-refractivity contribution >= 4 is 34.8 Å². The Morgan fingerprint density at radius 1 is 1.12 bits per heavy atom. The average molecular weight is 364 g/mol. The second-order valence-corrected chi connectivity index (χ2v) is 6.05. The molecule has 0 fully saturated rings. The van der Waals surface area contributed by atoms with Crippen LogP contribution in [0, 0.1) is 12.7 Å². The van der Waals surface area contributed by atoms with E-state index in [1.165, 1.54) is 30.1 Å². The van der Waals surface area contributed by atoms with Crippen molar-refractivity contribution in [3.8, 4) is 0 Å². The highest BCUT2D eigenvalue weighted by molar-refractivity contribution is 6.31. The smallest absolute Gasteiger partial charge is 0.243 e. The van der Waals surface area contributed by atoms with Crippen LogP contribution in [0.5, 0.6) is 0 Å². The van der Waals surface area contributed by atoms with Gasteiger partial charge in [0.1, 0.15) is 5.82 Å². The molecule has 0 saturated carbocycles. The number of hydrogen-bond acceptors (Lipinski definition) is 3. The zero-order valence-corrected chi connectivity index (χ0v) is 14.7. The predicted octanol–water partition coefficient (Wildman–Crippen LogP) is 3.30. The topological polar surface area (TPSA) is 61.4 Å². The highest BCUT2D eigenvalue weighted by Crippen LogP contribution is 2.19. The van der Waals surface area contributed by atoms with Gasteiger partial charge in [-0.05, 0) is 37.3 Å². The van der Waals surface area contributed by atoms with Gasteiger partial charge in [0.05, 0.1) is 18.1 Å². The van der Waals surface area contributed by atoms with Gasteiger partial charge in [-0.1, -0.05) is 29.3 Å². The van der Waals surface area contributed by atoms with Gasteiger partial charge in [0, 0.05) is 18.4 Å². The lowest BCUT2D eigenvalue weighted by molar-refractivity contribution is -0.131. The number of aryl methyl sites for hydroxylation is 1. The summed E-state index contributed by atoms with van der Waals surface area (Å²) in [4.78, 5) is 25.4. The normalized spacial score (nSPS) is 10.2. The molecule has 132 valence electrons. The number of nitrogens with one attached hydrogen (secondary N) is 2. The summed E-state index contributed by atoms with van der Waals surface area (Å²) in [5.41, 5.74) is 2.30. The molecule has 2 N–H and O–H groups in total. The third-order valence-electron chi connectivity index (χ3n) is 3.51. The van der Waals surface area contributed by atoms with Gasteiger partial charge in [-0.3, -0.25) is 9.59 Å². The summed E-state index contributed by atoms with van der Waals surface area (Å²) < 4.78 is 13.1. The Kier molecular flexibility index (Phi) is 6.36. The summed E-state index contributed by atoms with van der Waals surface area (Å²) in [6, 6.07) is 11.5. The second-order valence-electron chi connectivity index (χ2n) is 5.65. The average Bonchev–Trinajstić information content (AvgIpc) is 2.57. The van der Waals surface area contributed by atoms with Crippen LogP contribution in [-0.4, -0.2) is 36.9 Å². The Balaban J connectivity index is 1.81. The van der Waals surface area contributed by atoms with Crippen molar-refractivity contribution in [2.24, 2.45) is 0 Å². The van der Waals surface area contributed by atoms with Crippen molar-refractivity contribution < 1.29 is 14.0 Å². The maximum absolute atomic E-state index is 13.1. The number of hydrogen-bond donors (Lipinski definition) is 2. The lowest BCUT2D eigenvalue weighted by atomic mass is 10.2. The van der Waals surface area contributed by atoms with E-state index in [9.17, 15) is 14.0 Å². The first-order valence-electron chi connectivity index (χ1n) is 7.64. The van der Waals surface area contributed by atoms with Crippen LogP contribution in [0.3, 0.4) is 0 Å². The molecule has 0 bridgehead atoms. The summed E-state index contributed by atoms with van der Waals surface area (Å²) in [5.74, 6) is -1.09.